The van der Waals surface area contributed by atoms with Gasteiger partial charge in [-0.2, -0.15) is 0 Å². The van der Waals surface area contributed by atoms with Crippen molar-refractivity contribution < 1.29 is 23.9 Å². The molecule has 0 radical (unpaired) electrons. The zero-order chi connectivity index (χ0) is 26.3. The molecule has 2 aromatic rings. The number of Topliss-reactive ketones (excluding diaryl/α,β-unsaturated/α-hetero) is 1. The molecule has 0 saturated carbocycles. The molecule has 2 aromatic carbocycles. The van der Waals surface area contributed by atoms with Gasteiger partial charge in [0.05, 0.1) is 13.0 Å². The minimum atomic E-state index is -1.01. The summed E-state index contributed by atoms with van der Waals surface area (Å²) < 4.78 is 5.40. The molecule has 2 amide bonds. The van der Waals surface area contributed by atoms with Gasteiger partial charge < -0.3 is 14.5 Å². The molecule has 0 aliphatic rings. The lowest BCUT2D eigenvalue weighted by molar-refractivity contribution is -0.162. The highest BCUT2D eigenvalue weighted by molar-refractivity contribution is 6.37. The largest absolute Gasteiger partial charge is 0.456 e. The third kappa shape index (κ3) is 7.92. The Balaban J connectivity index is 2.27. The third-order valence-electron chi connectivity index (χ3n) is 5.46. The zero-order valence-electron chi connectivity index (χ0n) is 21.1. The van der Waals surface area contributed by atoms with Crippen molar-refractivity contribution in [3.63, 3.8) is 0 Å². The number of rotatable bonds is 10. The van der Waals surface area contributed by atoms with E-state index in [2.05, 4.69) is 0 Å². The average Bonchev–Trinajstić information content (AvgIpc) is 2.79. The number of ether oxygens (including phenoxy) is 1. The number of halogens is 1. The summed E-state index contributed by atoms with van der Waals surface area (Å²) in [5.41, 5.74) is 1.68. The number of carbonyl (C=O) groups excluding carboxylic acids is 4. The van der Waals surface area contributed by atoms with E-state index < -0.39 is 30.2 Å². The minimum Gasteiger partial charge on any atom is -0.456 e. The molecule has 188 valence electrons. The van der Waals surface area contributed by atoms with E-state index in [4.69, 9.17) is 16.3 Å². The fourth-order valence-corrected chi connectivity index (χ4v) is 3.93. The molecular weight excluding hydrogens is 468 g/mol. The maximum atomic E-state index is 13.2. The molecule has 0 saturated heterocycles. The molecule has 0 bridgehead atoms. The Bertz CT molecular complexity index is 1060. The summed E-state index contributed by atoms with van der Waals surface area (Å²) in [4.78, 5) is 53.3. The van der Waals surface area contributed by atoms with E-state index in [1.807, 2.05) is 33.8 Å². The van der Waals surface area contributed by atoms with Crippen LogP contribution in [0, 0.1) is 11.8 Å². The Morgan fingerprint density at radius 2 is 1.51 bits per heavy atom. The number of amides is 2. The van der Waals surface area contributed by atoms with E-state index >= 15 is 0 Å². The van der Waals surface area contributed by atoms with Crippen LogP contribution in [0.1, 0.15) is 50.0 Å². The van der Waals surface area contributed by atoms with E-state index in [1.165, 1.54) is 9.80 Å². The molecule has 0 unspecified atom stereocenters. The topological polar surface area (TPSA) is 84.0 Å². The Hall–Kier alpha value is -3.19. The van der Waals surface area contributed by atoms with Crippen molar-refractivity contribution in [3.05, 3.63) is 64.7 Å². The van der Waals surface area contributed by atoms with Gasteiger partial charge in [-0.1, -0.05) is 51.4 Å². The predicted molar refractivity (Wildman–Crippen MR) is 136 cm³/mol. The summed E-state index contributed by atoms with van der Waals surface area (Å²) in [6, 6.07) is 13.5. The SMILES string of the molecule is CC(C)C(OC(=O)C(=O)CC(=O)N(Cc1cccc(Cl)c1)c1ccc(C(=O)N(C)C)cc1)C(C)C. The highest BCUT2D eigenvalue weighted by Gasteiger charge is 2.29. The number of carbonyl (C=O) groups is 4. The van der Waals surface area contributed by atoms with Crippen molar-refractivity contribution >= 4 is 40.9 Å². The lowest BCUT2D eigenvalue weighted by Gasteiger charge is -2.25. The van der Waals surface area contributed by atoms with Gasteiger partial charge in [0.15, 0.2) is 0 Å². The molecule has 0 aliphatic heterocycles. The normalized spacial score (nSPS) is 11.0. The van der Waals surface area contributed by atoms with Gasteiger partial charge in [-0.05, 0) is 53.8 Å². The summed E-state index contributed by atoms with van der Waals surface area (Å²) in [6.45, 7) is 7.76. The highest BCUT2D eigenvalue weighted by Crippen LogP contribution is 2.22. The molecule has 2 rings (SSSR count). The summed E-state index contributed by atoms with van der Waals surface area (Å²) in [7, 11) is 3.30. The summed E-state index contributed by atoms with van der Waals surface area (Å²) in [5, 5.41) is 0.509. The summed E-state index contributed by atoms with van der Waals surface area (Å²) in [6.07, 6.45) is -1.06. The second-order valence-corrected chi connectivity index (χ2v) is 9.75. The number of esters is 1. The van der Waals surface area contributed by atoms with Gasteiger partial charge in [-0.3, -0.25) is 14.4 Å². The first-order valence-electron chi connectivity index (χ1n) is 11.5. The first-order valence-corrected chi connectivity index (χ1v) is 11.9. The van der Waals surface area contributed by atoms with Gasteiger partial charge in [-0.25, -0.2) is 4.79 Å². The van der Waals surface area contributed by atoms with Crippen LogP contribution >= 0.6 is 11.6 Å². The van der Waals surface area contributed by atoms with Crippen LogP contribution in [-0.4, -0.2) is 48.7 Å². The number of anilines is 1. The first kappa shape index (κ1) is 28.1. The number of benzene rings is 2. The van der Waals surface area contributed by atoms with Crippen LogP contribution in [0.25, 0.3) is 0 Å². The van der Waals surface area contributed by atoms with Crippen LogP contribution in [0.15, 0.2) is 48.5 Å². The summed E-state index contributed by atoms with van der Waals surface area (Å²) in [5.74, 6) is -2.59. The number of ketones is 1. The van der Waals surface area contributed by atoms with Crippen molar-refractivity contribution in [2.45, 2.75) is 46.8 Å². The van der Waals surface area contributed by atoms with Crippen LogP contribution in [0.2, 0.25) is 5.02 Å². The minimum absolute atomic E-state index is 0.0326. The molecule has 0 aromatic heterocycles. The Morgan fingerprint density at radius 3 is 2.03 bits per heavy atom. The quantitative estimate of drug-likeness (QED) is 0.267. The van der Waals surface area contributed by atoms with Gasteiger partial charge in [-0.15, -0.1) is 0 Å². The van der Waals surface area contributed by atoms with Crippen LogP contribution < -0.4 is 4.90 Å². The smallest absolute Gasteiger partial charge is 0.375 e. The Kier molecular flexibility index (Phi) is 10.0. The molecule has 0 heterocycles. The first-order chi connectivity index (χ1) is 16.4. The molecular formula is C27H33ClN2O5. The lowest BCUT2D eigenvalue weighted by atomic mass is 9.96. The van der Waals surface area contributed by atoms with Crippen molar-refractivity contribution in [1.29, 1.82) is 0 Å². The van der Waals surface area contributed by atoms with Gasteiger partial charge in [0.1, 0.15) is 6.10 Å². The average molecular weight is 501 g/mol. The highest BCUT2D eigenvalue weighted by atomic mass is 35.5. The molecule has 7 nitrogen and oxygen atoms in total. The maximum absolute atomic E-state index is 13.2. The number of hydrogen-bond donors (Lipinski definition) is 0. The van der Waals surface area contributed by atoms with E-state index in [1.54, 1.807) is 56.6 Å². The molecule has 0 atom stereocenters. The van der Waals surface area contributed by atoms with Crippen LogP contribution in [0.3, 0.4) is 0 Å². The second-order valence-electron chi connectivity index (χ2n) is 9.31. The molecule has 8 heteroatoms. The molecule has 0 N–H and O–H groups in total. The van der Waals surface area contributed by atoms with Crippen molar-refractivity contribution in [3.8, 4) is 0 Å². The van der Waals surface area contributed by atoms with Gasteiger partial charge >= 0.3 is 5.97 Å². The maximum Gasteiger partial charge on any atom is 0.375 e. The van der Waals surface area contributed by atoms with Gasteiger partial charge in [0, 0.05) is 30.4 Å². The molecule has 0 spiro atoms. The molecule has 0 aliphatic carbocycles. The lowest BCUT2D eigenvalue weighted by Crippen LogP contribution is -2.36. The van der Waals surface area contributed by atoms with Crippen molar-refractivity contribution in [2.24, 2.45) is 11.8 Å². The fraction of sp³-hybridized carbons (Fsp3) is 0.407. The second kappa shape index (κ2) is 12.5. The van der Waals surface area contributed by atoms with E-state index in [0.717, 1.165) is 5.56 Å². The van der Waals surface area contributed by atoms with Gasteiger partial charge in [0.25, 0.3) is 5.91 Å². The summed E-state index contributed by atoms with van der Waals surface area (Å²) >= 11 is 6.10. The monoisotopic (exact) mass is 500 g/mol. The third-order valence-corrected chi connectivity index (χ3v) is 5.69. The van der Waals surface area contributed by atoms with Crippen LogP contribution in [0.5, 0.6) is 0 Å². The Morgan fingerprint density at radius 1 is 0.914 bits per heavy atom. The van der Waals surface area contributed by atoms with Crippen molar-refractivity contribution in [1.82, 2.24) is 4.90 Å². The van der Waals surface area contributed by atoms with Crippen LogP contribution in [-0.2, 0) is 25.7 Å². The molecule has 35 heavy (non-hydrogen) atoms. The van der Waals surface area contributed by atoms with E-state index in [-0.39, 0.29) is 24.3 Å². The standard InChI is InChI=1S/C27H33ClN2O5/c1-17(2)25(18(3)4)35-27(34)23(31)15-24(32)30(16-19-8-7-9-21(28)14-19)22-12-10-20(11-13-22)26(33)29(5)6/h7-14,17-18,25H,15-16H2,1-6H3. The number of hydrogen-bond acceptors (Lipinski definition) is 5. The fourth-order valence-electron chi connectivity index (χ4n) is 3.72. The zero-order valence-corrected chi connectivity index (χ0v) is 21.8. The van der Waals surface area contributed by atoms with Crippen LogP contribution in [0.4, 0.5) is 5.69 Å². The van der Waals surface area contributed by atoms with Gasteiger partial charge in [0.2, 0.25) is 11.7 Å². The van der Waals surface area contributed by atoms with Crippen molar-refractivity contribution in [2.75, 3.05) is 19.0 Å². The van der Waals surface area contributed by atoms with E-state index in [9.17, 15) is 19.2 Å². The Labute approximate surface area is 212 Å². The predicted octanol–water partition coefficient (Wildman–Crippen LogP) is 4.76. The molecule has 0 fully saturated rings. The van der Waals surface area contributed by atoms with E-state index in [0.29, 0.717) is 16.3 Å². The number of nitrogens with zero attached hydrogens (tertiary/aromatic N) is 2.